The van der Waals surface area contributed by atoms with Gasteiger partial charge in [0.05, 0.1) is 39.3 Å². The second-order valence-corrected chi connectivity index (χ2v) is 6.23. The zero-order valence-electron chi connectivity index (χ0n) is 13.9. The summed E-state index contributed by atoms with van der Waals surface area (Å²) < 4.78 is 36.7. The van der Waals surface area contributed by atoms with Crippen molar-refractivity contribution in [1.29, 1.82) is 5.26 Å². The largest absolute Gasteiger partial charge is 0.490 e. The maximum Gasteiger partial charge on any atom is 0.343 e. The molecule has 9 heteroatoms. The summed E-state index contributed by atoms with van der Waals surface area (Å²) in [6.45, 7) is 2.06. The Bertz CT molecular complexity index is 1060. The lowest BCUT2D eigenvalue weighted by Crippen LogP contribution is -2.10. The fourth-order valence-corrected chi connectivity index (χ4v) is 2.93. The van der Waals surface area contributed by atoms with Gasteiger partial charge >= 0.3 is 5.97 Å². The summed E-state index contributed by atoms with van der Waals surface area (Å²) in [6, 6.07) is 9.21. The molecule has 6 nitrogen and oxygen atoms in total. The van der Waals surface area contributed by atoms with Crippen LogP contribution in [0.25, 0.3) is 11.0 Å². The van der Waals surface area contributed by atoms with Gasteiger partial charge in [0.15, 0.2) is 17.3 Å². The van der Waals surface area contributed by atoms with E-state index in [2.05, 4.69) is 25.9 Å². The highest BCUT2D eigenvalue weighted by Crippen LogP contribution is 2.37. The number of fused-ring (bicyclic) bond motifs is 1. The SMILES string of the molecule is CCOc1cc(C#N)cc(Br)c1OC(=O)c1ccc2nc(C(F)F)[nH]c2c1. The van der Waals surface area contributed by atoms with Crippen LogP contribution >= 0.6 is 15.9 Å². The van der Waals surface area contributed by atoms with Crippen molar-refractivity contribution in [3.05, 3.63) is 51.8 Å². The molecule has 138 valence electrons. The third-order valence-electron chi connectivity index (χ3n) is 3.58. The Kier molecular flexibility index (Phi) is 5.37. The van der Waals surface area contributed by atoms with Crippen LogP contribution in [-0.4, -0.2) is 22.5 Å². The van der Waals surface area contributed by atoms with E-state index in [9.17, 15) is 13.6 Å². The maximum absolute atomic E-state index is 12.7. The number of carbonyl (C=O) groups is 1. The molecule has 3 aromatic rings. The predicted octanol–water partition coefficient (Wildman–Crippen LogP) is 4.75. The van der Waals surface area contributed by atoms with E-state index in [4.69, 9.17) is 14.7 Å². The van der Waals surface area contributed by atoms with Gasteiger partial charge in [-0.3, -0.25) is 0 Å². The highest BCUT2D eigenvalue weighted by molar-refractivity contribution is 9.10. The van der Waals surface area contributed by atoms with E-state index in [1.54, 1.807) is 6.92 Å². The highest BCUT2D eigenvalue weighted by Gasteiger charge is 2.19. The van der Waals surface area contributed by atoms with Gasteiger partial charge in [0.25, 0.3) is 6.43 Å². The van der Waals surface area contributed by atoms with E-state index in [0.29, 0.717) is 27.7 Å². The number of hydrogen-bond acceptors (Lipinski definition) is 5. The van der Waals surface area contributed by atoms with E-state index in [1.165, 1.54) is 30.3 Å². The smallest absolute Gasteiger partial charge is 0.343 e. The first-order valence-electron chi connectivity index (χ1n) is 7.79. The van der Waals surface area contributed by atoms with Crippen LogP contribution < -0.4 is 9.47 Å². The molecule has 0 saturated heterocycles. The van der Waals surface area contributed by atoms with Crippen molar-refractivity contribution in [2.75, 3.05) is 6.61 Å². The summed E-state index contributed by atoms with van der Waals surface area (Å²) in [5.74, 6) is -0.821. The third kappa shape index (κ3) is 3.90. The number of benzene rings is 2. The van der Waals surface area contributed by atoms with Gasteiger partial charge in [-0.25, -0.2) is 18.6 Å². The molecule has 0 spiro atoms. The average Bonchev–Trinajstić information content (AvgIpc) is 3.08. The van der Waals surface area contributed by atoms with Crippen molar-refractivity contribution >= 4 is 32.9 Å². The molecule has 0 aliphatic rings. The summed E-state index contributed by atoms with van der Waals surface area (Å²) in [4.78, 5) is 18.7. The van der Waals surface area contributed by atoms with Gasteiger partial charge in [-0.1, -0.05) is 0 Å². The van der Waals surface area contributed by atoms with Gasteiger partial charge in [-0.05, 0) is 47.1 Å². The van der Waals surface area contributed by atoms with Crippen LogP contribution in [0.3, 0.4) is 0 Å². The zero-order valence-corrected chi connectivity index (χ0v) is 15.5. The van der Waals surface area contributed by atoms with Crippen LogP contribution in [0.15, 0.2) is 34.8 Å². The van der Waals surface area contributed by atoms with Crippen LogP contribution in [0.5, 0.6) is 11.5 Å². The first-order chi connectivity index (χ1) is 12.9. The summed E-state index contributed by atoms with van der Waals surface area (Å²) in [5, 5.41) is 9.05. The topological polar surface area (TPSA) is 88.0 Å². The van der Waals surface area contributed by atoms with Crippen molar-refractivity contribution in [3.63, 3.8) is 0 Å². The summed E-state index contributed by atoms with van der Waals surface area (Å²) >= 11 is 3.26. The van der Waals surface area contributed by atoms with E-state index >= 15 is 0 Å². The molecule has 0 aliphatic carbocycles. The quantitative estimate of drug-likeness (QED) is 0.461. The standard InChI is InChI=1S/C18H12BrF2N3O3/c1-2-26-14-6-9(8-22)5-11(19)15(14)27-18(25)10-3-4-12-13(7-10)24-17(23-12)16(20)21/h3-7,16H,2H2,1H3,(H,23,24). The van der Waals surface area contributed by atoms with Crippen molar-refractivity contribution in [2.45, 2.75) is 13.3 Å². The van der Waals surface area contributed by atoms with E-state index in [0.717, 1.165) is 0 Å². The summed E-state index contributed by atoms with van der Waals surface area (Å²) in [6.07, 6.45) is -2.74. The Morgan fingerprint density at radius 1 is 1.37 bits per heavy atom. The maximum atomic E-state index is 12.7. The lowest BCUT2D eigenvalue weighted by atomic mass is 10.2. The Balaban J connectivity index is 1.93. The van der Waals surface area contributed by atoms with Crippen LogP contribution in [0, 0.1) is 11.3 Å². The average molecular weight is 436 g/mol. The van der Waals surface area contributed by atoms with Crippen molar-refractivity contribution < 1.29 is 23.0 Å². The monoisotopic (exact) mass is 435 g/mol. The fourth-order valence-electron chi connectivity index (χ4n) is 2.41. The number of hydrogen-bond donors (Lipinski definition) is 1. The van der Waals surface area contributed by atoms with Crippen molar-refractivity contribution in [1.82, 2.24) is 9.97 Å². The fraction of sp³-hybridized carbons (Fsp3) is 0.167. The number of carbonyl (C=O) groups excluding carboxylic acids is 1. The number of nitriles is 1. The van der Waals surface area contributed by atoms with Gasteiger partial charge in [-0.15, -0.1) is 0 Å². The molecule has 0 atom stereocenters. The van der Waals surface area contributed by atoms with Crippen molar-refractivity contribution in [3.8, 4) is 17.6 Å². The van der Waals surface area contributed by atoms with Gasteiger partial charge in [0, 0.05) is 6.07 Å². The number of H-pyrrole nitrogens is 1. The number of esters is 1. The van der Waals surface area contributed by atoms with E-state index in [1.807, 2.05) is 6.07 Å². The van der Waals surface area contributed by atoms with Crippen molar-refractivity contribution in [2.24, 2.45) is 0 Å². The molecule has 27 heavy (non-hydrogen) atoms. The number of halogens is 3. The molecule has 0 unspecified atom stereocenters. The second kappa shape index (κ2) is 7.72. The number of aromatic amines is 1. The van der Waals surface area contributed by atoms with Crippen LogP contribution in [0.4, 0.5) is 8.78 Å². The van der Waals surface area contributed by atoms with Crippen LogP contribution in [-0.2, 0) is 0 Å². The molecule has 1 N–H and O–H groups in total. The molecule has 1 aromatic heterocycles. The molecular weight excluding hydrogens is 424 g/mol. The number of imidazole rings is 1. The number of alkyl halides is 2. The Hall–Kier alpha value is -2.99. The summed E-state index contributed by atoms with van der Waals surface area (Å²) in [5.41, 5.74) is 1.09. The molecule has 0 saturated carbocycles. The predicted molar refractivity (Wildman–Crippen MR) is 96.0 cm³/mol. The molecule has 0 fully saturated rings. The van der Waals surface area contributed by atoms with Gasteiger partial charge in [0.2, 0.25) is 0 Å². The summed E-state index contributed by atoms with van der Waals surface area (Å²) in [7, 11) is 0. The molecule has 0 bridgehead atoms. The molecule has 0 radical (unpaired) electrons. The van der Waals surface area contributed by atoms with Crippen LogP contribution in [0.1, 0.15) is 35.1 Å². The van der Waals surface area contributed by atoms with Gasteiger partial charge in [0.1, 0.15) is 0 Å². The van der Waals surface area contributed by atoms with Crippen LogP contribution in [0.2, 0.25) is 0 Å². The molecule has 0 aliphatic heterocycles. The third-order valence-corrected chi connectivity index (χ3v) is 4.16. The number of ether oxygens (including phenoxy) is 2. The molecule has 0 amide bonds. The number of aromatic nitrogens is 2. The highest BCUT2D eigenvalue weighted by atomic mass is 79.9. The minimum absolute atomic E-state index is 0.124. The Labute approximate surface area is 160 Å². The second-order valence-electron chi connectivity index (χ2n) is 5.37. The first-order valence-corrected chi connectivity index (χ1v) is 8.58. The minimum atomic E-state index is -2.74. The zero-order chi connectivity index (χ0) is 19.6. The minimum Gasteiger partial charge on any atom is -0.490 e. The molecular formula is C18H12BrF2N3O3. The van der Waals surface area contributed by atoms with E-state index in [-0.39, 0.29) is 17.1 Å². The number of rotatable bonds is 5. The normalized spacial score (nSPS) is 10.8. The molecule has 2 aromatic carbocycles. The first kappa shape index (κ1) is 18.8. The Morgan fingerprint density at radius 3 is 2.81 bits per heavy atom. The van der Waals surface area contributed by atoms with Gasteiger partial charge < -0.3 is 14.5 Å². The number of nitrogens with one attached hydrogen (secondary N) is 1. The lowest BCUT2D eigenvalue weighted by molar-refractivity contribution is 0.0727. The number of nitrogens with zero attached hydrogens (tertiary/aromatic N) is 2. The van der Waals surface area contributed by atoms with E-state index < -0.39 is 18.2 Å². The van der Waals surface area contributed by atoms with Gasteiger partial charge in [-0.2, -0.15) is 5.26 Å². The molecule has 1 heterocycles. The molecule has 3 rings (SSSR count). The Morgan fingerprint density at radius 2 is 2.15 bits per heavy atom. The lowest BCUT2D eigenvalue weighted by Gasteiger charge is -2.13.